The van der Waals surface area contributed by atoms with E-state index in [0.717, 1.165) is 47.0 Å². The summed E-state index contributed by atoms with van der Waals surface area (Å²) in [5.74, 6) is 4.14. The first-order valence-corrected chi connectivity index (χ1v) is 19.9. The summed E-state index contributed by atoms with van der Waals surface area (Å²) in [7, 11) is 0. The van der Waals surface area contributed by atoms with Crippen LogP contribution in [0.25, 0.3) is 0 Å². The zero-order chi connectivity index (χ0) is 41.1. The molecule has 2 aliphatic heterocycles. The highest BCUT2D eigenvalue weighted by molar-refractivity contribution is 5.53. The average molecular weight is 779 g/mol. The number of aliphatic hydroxyl groups is 2. The number of hydrogen-bond donors (Lipinski definition) is 2. The fourth-order valence-electron chi connectivity index (χ4n) is 6.14. The summed E-state index contributed by atoms with van der Waals surface area (Å²) in [5, 5.41) is 21.8. The van der Waals surface area contributed by atoms with Crippen LogP contribution < -0.4 is 28.4 Å². The Bertz CT molecular complexity index is 1620. The van der Waals surface area contributed by atoms with Crippen molar-refractivity contribution in [3.8, 4) is 34.5 Å². The molecule has 3 aromatic rings. The third-order valence-corrected chi connectivity index (χ3v) is 9.60. The Morgan fingerprint density at radius 2 is 0.768 bits per heavy atom. The van der Waals surface area contributed by atoms with Gasteiger partial charge >= 0.3 is 0 Å². The number of aliphatic hydroxyl groups excluding tert-OH is 2. The minimum Gasteiger partial charge on any atom is -0.491 e. The Labute approximate surface area is 334 Å². The van der Waals surface area contributed by atoms with Crippen LogP contribution in [0.4, 0.5) is 0 Å². The minimum absolute atomic E-state index is 0.0182. The van der Waals surface area contributed by atoms with Crippen LogP contribution >= 0.6 is 0 Å². The van der Waals surface area contributed by atoms with Gasteiger partial charge in [0.25, 0.3) is 0 Å². The highest BCUT2D eigenvalue weighted by Gasteiger charge is 2.31. The molecule has 10 heteroatoms. The molecule has 2 aliphatic rings. The summed E-state index contributed by atoms with van der Waals surface area (Å²) >= 11 is 0. The van der Waals surface area contributed by atoms with E-state index in [1.54, 1.807) is 18.2 Å². The third kappa shape index (κ3) is 12.7. The van der Waals surface area contributed by atoms with Crippen LogP contribution in [0.3, 0.4) is 0 Å². The second-order valence-corrected chi connectivity index (χ2v) is 19.2. The van der Waals surface area contributed by atoms with Crippen LogP contribution in [0.1, 0.15) is 105 Å². The number of rotatable bonds is 18. The van der Waals surface area contributed by atoms with Crippen molar-refractivity contribution in [3.63, 3.8) is 0 Å². The monoisotopic (exact) mass is 778 g/mol. The first-order chi connectivity index (χ1) is 26.1. The Morgan fingerprint density at radius 3 is 1.05 bits per heavy atom. The van der Waals surface area contributed by atoms with Crippen molar-refractivity contribution in [1.29, 1.82) is 0 Å². The fraction of sp³-hybridized carbons (Fsp3) is 0.609. The molecule has 0 bridgehead atoms. The van der Waals surface area contributed by atoms with Crippen LogP contribution in [-0.4, -0.2) is 87.5 Å². The molecule has 3 aromatic carbocycles. The molecule has 0 amide bonds. The molecule has 0 saturated carbocycles. The van der Waals surface area contributed by atoms with Gasteiger partial charge in [-0.1, -0.05) is 89.2 Å². The molecule has 2 heterocycles. The van der Waals surface area contributed by atoms with E-state index in [9.17, 15) is 10.2 Å². The van der Waals surface area contributed by atoms with Gasteiger partial charge in [0, 0.05) is 28.3 Å². The maximum atomic E-state index is 10.9. The number of ether oxygens (including phenoxy) is 8. The number of benzene rings is 3. The van der Waals surface area contributed by atoms with Gasteiger partial charge in [-0.25, -0.2) is 0 Å². The van der Waals surface area contributed by atoms with E-state index in [-0.39, 0.29) is 60.3 Å². The Hall–Kier alpha value is -3.70. The second kappa shape index (κ2) is 17.4. The number of hydrogen-bond acceptors (Lipinski definition) is 10. The van der Waals surface area contributed by atoms with Gasteiger partial charge in [-0.05, 0) is 58.1 Å². The number of epoxide rings is 2. The van der Waals surface area contributed by atoms with Crippen molar-refractivity contribution in [3.05, 3.63) is 70.8 Å². The van der Waals surface area contributed by atoms with E-state index >= 15 is 0 Å². The summed E-state index contributed by atoms with van der Waals surface area (Å²) in [4.78, 5) is 0. The zero-order valence-electron chi connectivity index (χ0n) is 35.7. The first kappa shape index (κ1) is 43.4. The first-order valence-electron chi connectivity index (χ1n) is 19.9. The lowest BCUT2D eigenvalue weighted by molar-refractivity contribution is 0.0593. The van der Waals surface area contributed by atoms with Gasteiger partial charge in [0.15, 0.2) is 0 Å². The molecular weight excluding hydrogens is 712 g/mol. The van der Waals surface area contributed by atoms with Crippen LogP contribution in [-0.2, 0) is 31.1 Å². The van der Waals surface area contributed by atoms with E-state index in [4.69, 9.17) is 37.9 Å². The molecular formula is C46H66O10. The molecule has 5 rings (SSSR count). The quantitative estimate of drug-likeness (QED) is 0.123. The van der Waals surface area contributed by atoms with Gasteiger partial charge in [-0.2, -0.15) is 0 Å². The third-order valence-electron chi connectivity index (χ3n) is 9.60. The van der Waals surface area contributed by atoms with Gasteiger partial charge in [0.2, 0.25) is 0 Å². The molecule has 56 heavy (non-hydrogen) atoms. The van der Waals surface area contributed by atoms with Gasteiger partial charge in [0.1, 0.15) is 98.6 Å². The summed E-state index contributed by atoms with van der Waals surface area (Å²) < 4.78 is 47.6. The molecule has 0 aromatic heterocycles. The lowest BCUT2D eigenvalue weighted by Crippen LogP contribution is -2.27. The molecule has 4 atom stereocenters. The maximum Gasteiger partial charge on any atom is 0.123 e. The predicted octanol–water partition coefficient (Wildman–Crippen LogP) is 8.07. The molecule has 2 N–H and O–H groups in total. The lowest BCUT2D eigenvalue weighted by Gasteiger charge is -2.29. The lowest BCUT2D eigenvalue weighted by atomic mass is 9.81. The standard InChI is InChI=1S/C46H66O10/c1-43(2,3)35-19-41(55-27-33-25-51-33)37(45(7,8)9)17-39(35)53-23-29(47)21-49-31-14-13-15-32(16-31)50-22-30(48)24-54-40-18-38(46(10,11)12)42(56-28-34-26-52-34)20-36(40)44(4,5)6/h13-20,29-30,33-34,47-48H,21-28H2,1-12H3. The topological polar surface area (TPSA) is 121 Å². The fourth-order valence-corrected chi connectivity index (χ4v) is 6.14. The van der Waals surface area contributed by atoms with Crippen molar-refractivity contribution >= 4 is 0 Å². The van der Waals surface area contributed by atoms with E-state index in [2.05, 4.69) is 95.2 Å². The molecule has 2 fully saturated rings. The van der Waals surface area contributed by atoms with Gasteiger partial charge < -0.3 is 48.1 Å². The van der Waals surface area contributed by atoms with E-state index in [1.807, 2.05) is 18.2 Å². The summed E-state index contributed by atoms with van der Waals surface area (Å²) in [6.45, 7) is 28.3. The predicted molar refractivity (Wildman–Crippen MR) is 219 cm³/mol. The highest BCUT2D eigenvalue weighted by atomic mass is 16.6. The normalized spacial score (nSPS) is 18.2. The molecule has 0 radical (unpaired) electrons. The van der Waals surface area contributed by atoms with E-state index in [1.165, 1.54) is 0 Å². The Balaban J connectivity index is 1.15. The largest absolute Gasteiger partial charge is 0.491 e. The Kier molecular flexibility index (Phi) is 13.5. The second-order valence-electron chi connectivity index (χ2n) is 19.2. The van der Waals surface area contributed by atoms with Gasteiger partial charge in [-0.3, -0.25) is 0 Å². The minimum atomic E-state index is -0.892. The van der Waals surface area contributed by atoms with Crippen LogP contribution in [0.15, 0.2) is 48.5 Å². The molecule has 310 valence electrons. The van der Waals surface area contributed by atoms with Gasteiger partial charge in [0.05, 0.1) is 13.2 Å². The van der Waals surface area contributed by atoms with Crippen LogP contribution in [0, 0.1) is 0 Å². The summed E-state index contributed by atoms with van der Waals surface area (Å²) in [6.07, 6.45) is -1.48. The van der Waals surface area contributed by atoms with Crippen molar-refractivity contribution in [2.45, 2.75) is 129 Å². The smallest absolute Gasteiger partial charge is 0.123 e. The van der Waals surface area contributed by atoms with Crippen LogP contribution in [0.5, 0.6) is 34.5 Å². The summed E-state index contributed by atoms with van der Waals surface area (Å²) in [6, 6.07) is 15.4. The van der Waals surface area contributed by atoms with Crippen molar-refractivity contribution in [2.75, 3.05) is 52.9 Å². The molecule has 0 aliphatic carbocycles. The maximum absolute atomic E-state index is 10.9. The molecule has 10 nitrogen and oxygen atoms in total. The van der Waals surface area contributed by atoms with E-state index < -0.39 is 12.2 Å². The zero-order valence-corrected chi connectivity index (χ0v) is 35.7. The Morgan fingerprint density at radius 1 is 0.482 bits per heavy atom. The summed E-state index contributed by atoms with van der Waals surface area (Å²) in [5.41, 5.74) is 3.23. The van der Waals surface area contributed by atoms with Crippen LogP contribution in [0.2, 0.25) is 0 Å². The van der Waals surface area contributed by atoms with Crippen molar-refractivity contribution in [1.82, 2.24) is 0 Å². The molecule has 2 saturated heterocycles. The molecule has 0 spiro atoms. The highest BCUT2D eigenvalue weighted by Crippen LogP contribution is 2.43. The van der Waals surface area contributed by atoms with Crippen molar-refractivity contribution in [2.24, 2.45) is 0 Å². The van der Waals surface area contributed by atoms with E-state index in [0.29, 0.717) is 36.2 Å². The van der Waals surface area contributed by atoms with Gasteiger partial charge in [-0.15, -0.1) is 0 Å². The molecule has 4 unspecified atom stereocenters. The average Bonchev–Trinajstić information content (AvgIpc) is 4.04. The SMILES string of the molecule is CC(C)(C)c1cc(OCC2CO2)c(C(C)(C)C)cc1OCC(O)COc1cccc(OCC(O)COc2cc(C(C)(C)C)c(OCC3CO3)cc2C(C)(C)C)c1. The van der Waals surface area contributed by atoms with Crippen molar-refractivity contribution < 1.29 is 48.1 Å².